The molecule has 8 heteroatoms. The zero-order chi connectivity index (χ0) is 20.6. The Kier molecular flexibility index (Phi) is 7.45. The highest BCUT2D eigenvalue weighted by molar-refractivity contribution is 6.07. The van der Waals surface area contributed by atoms with E-state index in [1.54, 1.807) is 19.2 Å². The molecule has 2 aromatic rings. The first-order valence-electron chi connectivity index (χ1n) is 8.21. The fourth-order valence-electron chi connectivity index (χ4n) is 2.27. The number of carbonyl (C=O) groups is 1. The Hall–Kier alpha value is -3.00. The van der Waals surface area contributed by atoms with Gasteiger partial charge in [0.25, 0.3) is 0 Å². The third-order valence-electron chi connectivity index (χ3n) is 3.55. The lowest BCUT2D eigenvalue weighted by atomic mass is 10.1. The lowest BCUT2D eigenvalue weighted by molar-refractivity contribution is -0.274. The molecule has 0 unspecified atom stereocenters. The summed E-state index contributed by atoms with van der Waals surface area (Å²) in [7, 11) is 2.99. The number of hydrogen-bond donors (Lipinski definition) is 0. The molecule has 0 bridgehead atoms. The van der Waals surface area contributed by atoms with E-state index >= 15 is 0 Å². The summed E-state index contributed by atoms with van der Waals surface area (Å²) >= 11 is 0. The smallest absolute Gasteiger partial charge is 0.493 e. The average Bonchev–Trinajstić information content (AvgIpc) is 2.66. The molecular formula is C20H19F3O5. The number of rotatable bonds is 9. The van der Waals surface area contributed by atoms with E-state index in [1.165, 1.54) is 49.6 Å². The van der Waals surface area contributed by atoms with Crippen molar-refractivity contribution < 1.29 is 36.9 Å². The standard InChI is InChI=1S/C20H19F3O5/c1-25-11-12-27-18-10-8-15(13-19(18)26-2)16(24)9-7-14-5-3-4-6-17(14)28-20(21,22)23/h3-10,13H,11-12H2,1-2H3/b9-7+. The average molecular weight is 396 g/mol. The predicted molar refractivity (Wildman–Crippen MR) is 96.9 cm³/mol. The number of para-hydroxylation sites is 1. The van der Waals surface area contributed by atoms with E-state index in [9.17, 15) is 18.0 Å². The van der Waals surface area contributed by atoms with Crippen molar-refractivity contribution in [3.63, 3.8) is 0 Å². The van der Waals surface area contributed by atoms with E-state index in [-0.39, 0.29) is 5.56 Å². The summed E-state index contributed by atoms with van der Waals surface area (Å²) < 4.78 is 57.0. The largest absolute Gasteiger partial charge is 0.573 e. The Bertz CT molecular complexity index is 831. The van der Waals surface area contributed by atoms with Gasteiger partial charge in [0.15, 0.2) is 17.3 Å². The fraction of sp³-hybridized carbons (Fsp3) is 0.250. The van der Waals surface area contributed by atoms with Crippen molar-refractivity contribution in [3.05, 3.63) is 59.7 Å². The van der Waals surface area contributed by atoms with Gasteiger partial charge in [-0.2, -0.15) is 0 Å². The SMILES string of the molecule is COCCOc1ccc(C(=O)/C=C/c2ccccc2OC(F)(F)F)cc1OC. The number of methoxy groups -OCH3 is 2. The minimum Gasteiger partial charge on any atom is -0.493 e. The van der Waals surface area contributed by atoms with Gasteiger partial charge in [0.2, 0.25) is 0 Å². The van der Waals surface area contributed by atoms with Gasteiger partial charge in [-0.05, 0) is 36.4 Å². The van der Waals surface area contributed by atoms with Gasteiger partial charge in [0.1, 0.15) is 12.4 Å². The van der Waals surface area contributed by atoms with Crippen molar-refractivity contribution in [2.24, 2.45) is 0 Å². The summed E-state index contributed by atoms with van der Waals surface area (Å²) in [4.78, 5) is 12.4. The molecule has 0 spiro atoms. The molecule has 0 saturated heterocycles. The van der Waals surface area contributed by atoms with E-state index in [0.717, 1.165) is 0 Å². The van der Waals surface area contributed by atoms with E-state index in [2.05, 4.69) is 4.74 Å². The molecule has 28 heavy (non-hydrogen) atoms. The molecule has 2 aromatic carbocycles. The molecule has 0 aliphatic carbocycles. The first-order valence-corrected chi connectivity index (χ1v) is 8.21. The van der Waals surface area contributed by atoms with Gasteiger partial charge in [-0.1, -0.05) is 18.2 Å². The van der Waals surface area contributed by atoms with Gasteiger partial charge in [0, 0.05) is 18.2 Å². The monoisotopic (exact) mass is 396 g/mol. The van der Waals surface area contributed by atoms with Crippen LogP contribution in [0.25, 0.3) is 6.08 Å². The summed E-state index contributed by atoms with van der Waals surface area (Å²) in [6, 6.07) is 10.2. The van der Waals surface area contributed by atoms with Gasteiger partial charge in [-0.15, -0.1) is 13.2 Å². The molecule has 0 aliphatic heterocycles. The predicted octanol–water partition coefficient (Wildman–Crippen LogP) is 4.52. The molecule has 0 aliphatic rings. The molecule has 5 nitrogen and oxygen atoms in total. The van der Waals surface area contributed by atoms with Crippen LogP contribution in [-0.4, -0.2) is 39.6 Å². The Morgan fingerprint density at radius 2 is 1.75 bits per heavy atom. The number of carbonyl (C=O) groups excluding carboxylic acids is 1. The van der Waals surface area contributed by atoms with Crippen LogP contribution in [0.4, 0.5) is 13.2 Å². The number of ether oxygens (including phenoxy) is 4. The zero-order valence-corrected chi connectivity index (χ0v) is 15.3. The highest BCUT2D eigenvalue weighted by Gasteiger charge is 2.31. The van der Waals surface area contributed by atoms with Crippen molar-refractivity contribution >= 4 is 11.9 Å². The summed E-state index contributed by atoms with van der Waals surface area (Å²) in [6.07, 6.45) is -2.39. The number of alkyl halides is 3. The molecule has 0 N–H and O–H groups in total. The van der Waals surface area contributed by atoms with Crippen molar-refractivity contribution in [2.45, 2.75) is 6.36 Å². The Labute approximate surface area is 160 Å². The highest BCUT2D eigenvalue weighted by Crippen LogP contribution is 2.29. The minimum atomic E-state index is -4.82. The first-order chi connectivity index (χ1) is 13.3. The Balaban J connectivity index is 2.17. The molecule has 0 fully saturated rings. The van der Waals surface area contributed by atoms with Crippen molar-refractivity contribution in [3.8, 4) is 17.2 Å². The maximum atomic E-state index is 12.5. The van der Waals surface area contributed by atoms with Crippen molar-refractivity contribution in [1.82, 2.24) is 0 Å². The molecule has 0 heterocycles. The number of halogens is 3. The van der Waals surface area contributed by atoms with Crippen LogP contribution >= 0.6 is 0 Å². The van der Waals surface area contributed by atoms with Gasteiger partial charge in [-0.25, -0.2) is 0 Å². The Morgan fingerprint density at radius 3 is 2.43 bits per heavy atom. The van der Waals surface area contributed by atoms with E-state index in [0.29, 0.717) is 30.3 Å². The molecular weight excluding hydrogens is 377 g/mol. The first kappa shape index (κ1) is 21.3. The van der Waals surface area contributed by atoms with E-state index in [1.807, 2.05) is 0 Å². The van der Waals surface area contributed by atoms with Crippen LogP contribution in [0.3, 0.4) is 0 Å². The van der Waals surface area contributed by atoms with Gasteiger partial charge in [0.05, 0.1) is 13.7 Å². The summed E-state index contributed by atoms with van der Waals surface area (Å²) in [5.74, 6) is 0.00207. The van der Waals surface area contributed by atoms with Crippen molar-refractivity contribution in [1.29, 1.82) is 0 Å². The number of ketones is 1. The Morgan fingerprint density at radius 1 is 1.00 bits per heavy atom. The van der Waals surface area contributed by atoms with Crippen LogP contribution in [0.1, 0.15) is 15.9 Å². The molecule has 0 amide bonds. The van der Waals surface area contributed by atoms with Crippen LogP contribution in [-0.2, 0) is 4.74 Å². The third kappa shape index (κ3) is 6.31. The lowest BCUT2D eigenvalue weighted by Gasteiger charge is -2.11. The normalized spacial score (nSPS) is 11.5. The van der Waals surface area contributed by atoms with Crippen LogP contribution < -0.4 is 14.2 Å². The van der Waals surface area contributed by atoms with Gasteiger partial charge < -0.3 is 18.9 Å². The van der Waals surface area contributed by atoms with Crippen LogP contribution in [0.2, 0.25) is 0 Å². The minimum absolute atomic E-state index is 0.125. The van der Waals surface area contributed by atoms with Gasteiger partial charge in [-0.3, -0.25) is 4.79 Å². The number of hydrogen-bond acceptors (Lipinski definition) is 5. The van der Waals surface area contributed by atoms with Crippen LogP contribution in [0.15, 0.2) is 48.5 Å². The molecule has 0 aromatic heterocycles. The number of benzene rings is 2. The number of allylic oxidation sites excluding steroid dienone is 1. The molecule has 0 saturated carbocycles. The highest BCUT2D eigenvalue weighted by atomic mass is 19.4. The van der Waals surface area contributed by atoms with Crippen LogP contribution in [0, 0.1) is 0 Å². The summed E-state index contributed by atoms with van der Waals surface area (Å²) in [6.45, 7) is 0.710. The van der Waals surface area contributed by atoms with Crippen LogP contribution in [0.5, 0.6) is 17.2 Å². The molecule has 0 atom stereocenters. The quantitative estimate of drug-likeness (QED) is 0.355. The second-order valence-corrected chi connectivity index (χ2v) is 5.49. The second kappa shape index (κ2) is 9.80. The maximum Gasteiger partial charge on any atom is 0.573 e. The van der Waals surface area contributed by atoms with Gasteiger partial charge >= 0.3 is 6.36 Å². The molecule has 150 valence electrons. The maximum absolute atomic E-state index is 12.5. The third-order valence-corrected chi connectivity index (χ3v) is 3.55. The van der Waals surface area contributed by atoms with E-state index in [4.69, 9.17) is 14.2 Å². The lowest BCUT2D eigenvalue weighted by Crippen LogP contribution is -2.17. The molecule has 2 rings (SSSR count). The summed E-state index contributed by atoms with van der Waals surface area (Å²) in [5, 5.41) is 0. The topological polar surface area (TPSA) is 54.0 Å². The molecule has 0 radical (unpaired) electrons. The second-order valence-electron chi connectivity index (χ2n) is 5.49. The summed E-state index contributed by atoms with van der Waals surface area (Å²) in [5.41, 5.74) is 0.418. The van der Waals surface area contributed by atoms with Crippen molar-refractivity contribution in [2.75, 3.05) is 27.4 Å². The fourth-order valence-corrected chi connectivity index (χ4v) is 2.27. The van der Waals surface area contributed by atoms with E-state index < -0.39 is 17.9 Å². The zero-order valence-electron chi connectivity index (χ0n) is 15.3.